The van der Waals surface area contributed by atoms with Crippen LogP contribution in [0.1, 0.15) is 10.4 Å². The molecule has 150 valence electrons. The van der Waals surface area contributed by atoms with Crippen LogP contribution in [0.3, 0.4) is 0 Å². The van der Waals surface area contributed by atoms with Gasteiger partial charge < -0.3 is 10.1 Å². The summed E-state index contributed by atoms with van der Waals surface area (Å²) in [6.07, 6.45) is 3.31. The van der Waals surface area contributed by atoms with Crippen LogP contribution in [0.15, 0.2) is 79.1 Å². The Balaban J connectivity index is 1.55. The van der Waals surface area contributed by atoms with Crippen molar-refractivity contribution in [3.63, 3.8) is 0 Å². The fraction of sp³-hybridized carbons (Fsp3) is 0.0909. The second-order valence-corrected chi connectivity index (χ2v) is 6.82. The molecular weight excluding hydrogens is 402 g/mol. The molecule has 7 nitrogen and oxygen atoms in total. The lowest BCUT2D eigenvalue weighted by Gasteiger charge is -2.08. The van der Waals surface area contributed by atoms with Gasteiger partial charge in [-0.1, -0.05) is 41.9 Å². The van der Waals surface area contributed by atoms with Gasteiger partial charge in [0.25, 0.3) is 5.91 Å². The van der Waals surface area contributed by atoms with E-state index in [0.717, 1.165) is 5.56 Å². The SMILES string of the molecule is O=C(COc1ccccc1)n1nc(-c2cccnc2)nc1NCc1ccc(Cl)cc1. The van der Waals surface area contributed by atoms with Crippen LogP contribution in [0.25, 0.3) is 11.4 Å². The number of hydrogen-bond donors (Lipinski definition) is 1. The maximum atomic E-state index is 12.8. The van der Waals surface area contributed by atoms with Crippen molar-refractivity contribution in [2.45, 2.75) is 6.54 Å². The molecule has 30 heavy (non-hydrogen) atoms. The Kier molecular flexibility index (Phi) is 6.01. The molecule has 0 aliphatic rings. The minimum absolute atomic E-state index is 0.171. The molecule has 0 atom stereocenters. The smallest absolute Gasteiger partial charge is 0.287 e. The van der Waals surface area contributed by atoms with Crippen molar-refractivity contribution in [3.8, 4) is 17.1 Å². The number of carbonyl (C=O) groups is 1. The second kappa shape index (κ2) is 9.19. The number of nitrogens with zero attached hydrogens (tertiary/aromatic N) is 4. The van der Waals surface area contributed by atoms with Crippen LogP contribution in [-0.4, -0.2) is 32.3 Å². The summed E-state index contributed by atoms with van der Waals surface area (Å²) in [5.74, 6) is 0.981. The molecule has 0 radical (unpaired) electrons. The Morgan fingerprint density at radius 3 is 2.57 bits per heavy atom. The fourth-order valence-corrected chi connectivity index (χ4v) is 2.85. The normalized spacial score (nSPS) is 10.6. The first-order valence-corrected chi connectivity index (χ1v) is 9.64. The Bertz CT molecular complexity index is 1120. The summed E-state index contributed by atoms with van der Waals surface area (Å²) in [6.45, 7) is 0.282. The maximum absolute atomic E-state index is 12.8. The highest BCUT2D eigenvalue weighted by Gasteiger charge is 2.18. The van der Waals surface area contributed by atoms with E-state index in [1.807, 2.05) is 48.5 Å². The Hall–Kier alpha value is -3.71. The number of carbonyl (C=O) groups excluding carboxylic acids is 1. The average molecular weight is 420 g/mol. The Labute approximate surface area is 178 Å². The first kappa shape index (κ1) is 19.6. The lowest BCUT2D eigenvalue weighted by molar-refractivity contribution is 0.0824. The number of benzene rings is 2. The van der Waals surface area contributed by atoms with Gasteiger partial charge >= 0.3 is 0 Å². The van der Waals surface area contributed by atoms with E-state index in [9.17, 15) is 4.79 Å². The molecule has 2 aromatic carbocycles. The van der Waals surface area contributed by atoms with Crippen LogP contribution in [0.4, 0.5) is 5.95 Å². The average Bonchev–Trinajstić information content (AvgIpc) is 3.23. The van der Waals surface area contributed by atoms with Crippen molar-refractivity contribution < 1.29 is 9.53 Å². The zero-order chi connectivity index (χ0) is 20.8. The van der Waals surface area contributed by atoms with Gasteiger partial charge in [-0.05, 0) is 42.0 Å². The number of rotatable bonds is 7. The molecule has 0 unspecified atom stereocenters. The third-order valence-corrected chi connectivity index (χ3v) is 4.48. The molecular formula is C22H18ClN5O2. The molecule has 0 amide bonds. The van der Waals surface area contributed by atoms with Crippen molar-refractivity contribution in [1.29, 1.82) is 0 Å². The number of hydrogen-bond acceptors (Lipinski definition) is 6. The minimum atomic E-state index is -0.347. The lowest BCUT2D eigenvalue weighted by Crippen LogP contribution is -2.22. The third-order valence-electron chi connectivity index (χ3n) is 4.23. The first-order valence-electron chi connectivity index (χ1n) is 9.26. The molecule has 0 aliphatic heterocycles. The zero-order valence-corrected chi connectivity index (χ0v) is 16.7. The number of para-hydroxylation sites is 1. The predicted octanol–water partition coefficient (Wildman–Crippen LogP) is 4.32. The van der Waals surface area contributed by atoms with E-state index in [2.05, 4.69) is 20.4 Å². The van der Waals surface area contributed by atoms with E-state index in [1.54, 1.807) is 30.6 Å². The van der Waals surface area contributed by atoms with Crippen LogP contribution in [-0.2, 0) is 6.54 Å². The Morgan fingerprint density at radius 2 is 1.83 bits per heavy atom. The highest BCUT2D eigenvalue weighted by atomic mass is 35.5. The predicted molar refractivity (Wildman–Crippen MR) is 115 cm³/mol. The van der Waals surface area contributed by atoms with E-state index in [-0.39, 0.29) is 12.5 Å². The van der Waals surface area contributed by atoms with Gasteiger partial charge in [-0.25, -0.2) is 0 Å². The molecule has 0 bridgehead atoms. The molecule has 0 aliphatic carbocycles. The van der Waals surface area contributed by atoms with E-state index in [1.165, 1.54) is 4.68 Å². The molecule has 2 aromatic heterocycles. The number of halogens is 1. The van der Waals surface area contributed by atoms with Gasteiger partial charge in [0, 0.05) is 29.5 Å². The summed E-state index contributed by atoms with van der Waals surface area (Å²) in [6, 6.07) is 20.2. The summed E-state index contributed by atoms with van der Waals surface area (Å²) in [4.78, 5) is 21.4. The van der Waals surface area contributed by atoms with Gasteiger partial charge in [-0.2, -0.15) is 9.67 Å². The van der Waals surface area contributed by atoms with Crippen LogP contribution in [0.2, 0.25) is 5.02 Å². The van der Waals surface area contributed by atoms with Gasteiger partial charge in [-0.15, -0.1) is 5.10 Å². The molecule has 0 spiro atoms. The minimum Gasteiger partial charge on any atom is -0.484 e. The van der Waals surface area contributed by atoms with Gasteiger partial charge in [0.15, 0.2) is 12.4 Å². The zero-order valence-electron chi connectivity index (χ0n) is 15.9. The summed E-state index contributed by atoms with van der Waals surface area (Å²) in [5, 5.41) is 8.20. The van der Waals surface area contributed by atoms with Gasteiger partial charge in [0.1, 0.15) is 5.75 Å². The summed E-state index contributed by atoms with van der Waals surface area (Å²) < 4.78 is 6.80. The fourth-order valence-electron chi connectivity index (χ4n) is 2.72. The van der Waals surface area contributed by atoms with Crippen LogP contribution in [0, 0.1) is 0 Å². The van der Waals surface area contributed by atoms with Gasteiger partial charge in [0.2, 0.25) is 5.95 Å². The van der Waals surface area contributed by atoms with Crippen LogP contribution in [0.5, 0.6) is 5.75 Å². The van der Waals surface area contributed by atoms with E-state index >= 15 is 0 Å². The topological polar surface area (TPSA) is 81.9 Å². The molecule has 2 heterocycles. The van der Waals surface area contributed by atoms with Crippen molar-refractivity contribution in [1.82, 2.24) is 19.7 Å². The molecule has 0 saturated heterocycles. The van der Waals surface area contributed by atoms with Crippen molar-refractivity contribution >= 4 is 23.5 Å². The van der Waals surface area contributed by atoms with Gasteiger partial charge in [0.05, 0.1) is 0 Å². The number of nitrogens with one attached hydrogen (secondary N) is 1. The molecule has 8 heteroatoms. The number of aromatic nitrogens is 4. The summed E-state index contributed by atoms with van der Waals surface area (Å²) in [7, 11) is 0. The molecule has 1 N–H and O–H groups in total. The molecule has 0 fully saturated rings. The maximum Gasteiger partial charge on any atom is 0.287 e. The number of anilines is 1. The van der Waals surface area contributed by atoms with Gasteiger partial charge in [-0.3, -0.25) is 9.78 Å². The second-order valence-electron chi connectivity index (χ2n) is 6.39. The van der Waals surface area contributed by atoms with Crippen molar-refractivity contribution in [3.05, 3.63) is 89.7 Å². The number of pyridine rings is 1. The van der Waals surface area contributed by atoms with Crippen LogP contribution >= 0.6 is 11.6 Å². The lowest BCUT2D eigenvalue weighted by atomic mass is 10.2. The summed E-state index contributed by atoms with van der Waals surface area (Å²) in [5.41, 5.74) is 1.70. The van der Waals surface area contributed by atoms with Crippen LogP contribution < -0.4 is 10.1 Å². The third kappa shape index (κ3) is 4.82. The summed E-state index contributed by atoms with van der Waals surface area (Å²) >= 11 is 5.94. The molecule has 4 rings (SSSR count). The highest BCUT2D eigenvalue weighted by molar-refractivity contribution is 6.30. The van der Waals surface area contributed by atoms with E-state index in [4.69, 9.17) is 16.3 Å². The van der Waals surface area contributed by atoms with Crippen molar-refractivity contribution in [2.24, 2.45) is 0 Å². The standard InChI is InChI=1S/C22H18ClN5O2/c23-18-10-8-16(9-11-18)13-25-22-26-21(17-5-4-12-24-14-17)27-28(22)20(29)15-30-19-6-2-1-3-7-19/h1-12,14H,13,15H2,(H,25,26,27). The Morgan fingerprint density at radius 1 is 1.03 bits per heavy atom. The molecule has 0 saturated carbocycles. The quantitative estimate of drug-likeness (QED) is 0.480. The van der Waals surface area contributed by atoms with E-state index < -0.39 is 0 Å². The van der Waals surface area contributed by atoms with Crippen molar-refractivity contribution in [2.75, 3.05) is 11.9 Å². The first-order chi connectivity index (χ1) is 14.7. The highest BCUT2D eigenvalue weighted by Crippen LogP contribution is 2.18. The molecule has 4 aromatic rings. The monoisotopic (exact) mass is 419 g/mol. The largest absolute Gasteiger partial charge is 0.484 e. The van der Waals surface area contributed by atoms with E-state index in [0.29, 0.717) is 34.7 Å². The number of ether oxygens (including phenoxy) is 1.